The van der Waals surface area contributed by atoms with E-state index in [1.54, 1.807) is 0 Å². The Morgan fingerprint density at radius 3 is 3.00 bits per heavy atom. The van der Waals surface area contributed by atoms with Gasteiger partial charge in [0.05, 0.1) is 0 Å². The normalized spacial score (nSPS) is 27.9. The summed E-state index contributed by atoms with van der Waals surface area (Å²) in [5, 5.41) is 7.62. The Labute approximate surface area is 85.5 Å². The first kappa shape index (κ1) is 9.71. The topological polar surface area (TPSA) is 29.9 Å². The lowest BCUT2D eigenvalue weighted by atomic mass is 9.84. The standard InChI is InChI=1S/C11H19N3/c1-12-10-5-3-4-9(8-10)11-6-7-13-14(11)2/h6-7,9-10,12H,3-5,8H2,1-2H3. The van der Waals surface area contributed by atoms with Crippen LogP contribution in [0, 0.1) is 0 Å². The van der Waals surface area contributed by atoms with E-state index in [9.17, 15) is 0 Å². The predicted octanol–water partition coefficient (Wildman–Crippen LogP) is 1.67. The smallest absolute Gasteiger partial charge is 0.0492 e. The van der Waals surface area contributed by atoms with Crippen LogP contribution < -0.4 is 5.32 Å². The van der Waals surface area contributed by atoms with E-state index in [1.165, 1.54) is 31.4 Å². The molecule has 3 nitrogen and oxygen atoms in total. The van der Waals surface area contributed by atoms with Crippen LogP contribution in [0.25, 0.3) is 0 Å². The highest BCUT2D eigenvalue weighted by Gasteiger charge is 2.23. The van der Waals surface area contributed by atoms with E-state index < -0.39 is 0 Å². The van der Waals surface area contributed by atoms with E-state index in [1.807, 2.05) is 17.9 Å². The monoisotopic (exact) mass is 193 g/mol. The maximum absolute atomic E-state index is 4.24. The van der Waals surface area contributed by atoms with E-state index in [4.69, 9.17) is 0 Å². The second kappa shape index (κ2) is 4.13. The van der Waals surface area contributed by atoms with Gasteiger partial charge in [-0.1, -0.05) is 6.42 Å². The van der Waals surface area contributed by atoms with E-state index in [0.29, 0.717) is 12.0 Å². The number of rotatable bonds is 2. The van der Waals surface area contributed by atoms with Crippen molar-refractivity contribution < 1.29 is 0 Å². The van der Waals surface area contributed by atoms with Gasteiger partial charge in [-0.25, -0.2) is 0 Å². The number of nitrogens with zero attached hydrogens (tertiary/aromatic N) is 2. The van der Waals surface area contributed by atoms with Gasteiger partial charge in [0.15, 0.2) is 0 Å². The second-order valence-electron chi connectivity index (χ2n) is 4.23. The molecule has 1 aliphatic rings. The Kier molecular flexibility index (Phi) is 2.87. The molecule has 78 valence electrons. The number of aromatic nitrogens is 2. The molecule has 0 radical (unpaired) electrons. The quantitative estimate of drug-likeness (QED) is 0.774. The lowest BCUT2D eigenvalue weighted by molar-refractivity contribution is 0.345. The van der Waals surface area contributed by atoms with Crippen molar-refractivity contribution in [1.29, 1.82) is 0 Å². The molecule has 2 unspecified atom stereocenters. The van der Waals surface area contributed by atoms with Crippen molar-refractivity contribution in [2.45, 2.75) is 37.6 Å². The molecule has 1 saturated carbocycles. The van der Waals surface area contributed by atoms with Crippen LogP contribution in [0.15, 0.2) is 12.3 Å². The molecule has 1 fully saturated rings. The molecular weight excluding hydrogens is 174 g/mol. The summed E-state index contributed by atoms with van der Waals surface area (Å²) in [6.45, 7) is 0. The van der Waals surface area contributed by atoms with Crippen LogP contribution in [-0.4, -0.2) is 22.9 Å². The van der Waals surface area contributed by atoms with Crippen molar-refractivity contribution in [1.82, 2.24) is 15.1 Å². The molecule has 0 amide bonds. The lowest BCUT2D eigenvalue weighted by Crippen LogP contribution is -2.31. The van der Waals surface area contributed by atoms with Gasteiger partial charge in [0, 0.05) is 30.9 Å². The van der Waals surface area contributed by atoms with Crippen LogP contribution >= 0.6 is 0 Å². The molecule has 2 atom stereocenters. The molecule has 0 bridgehead atoms. The molecule has 1 aromatic heterocycles. The summed E-state index contributed by atoms with van der Waals surface area (Å²) >= 11 is 0. The molecule has 3 heteroatoms. The number of nitrogens with one attached hydrogen (secondary N) is 1. The van der Waals surface area contributed by atoms with Crippen LogP contribution in [0.4, 0.5) is 0 Å². The Morgan fingerprint density at radius 1 is 1.50 bits per heavy atom. The molecule has 1 aromatic rings. The van der Waals surface area contributed by atoms with E-state index in [2.05, 4.69) is 23.5 Å². The van der Waals surface area contributed by atoms with E-state index >= 15 is 0 Å². The van der Waals surface area contributed by atoms with Crippen molar-refractivity contribution in [3.05, 3.63) is 18.0 Å². The molecule has 1 aliphatic carbocycles. The fourth-order valence-corrected chi connectivity index (χ4v) is 2.51. The first-order valence-electron chi connectivity index (χ1n) is 5.46. The van der Waals surface area contributed by atoms with Crippen molar-refractivity contribution in [3.63, 3.8) is 0 Å². The van der Waals surface area contributed by atoms with Crippen molar-refractivity contribution in [2.75, 3.05) is 7.05 Å². The zero-order valence-corrected chi connectivity index (χ0v) is 9.03. The van der Waals surface area contributed by atoms with Crippen molar-refractivity contribution >= 4 is 0 Å². The van der Waals surface area contributed by atoms with Gasteiger partial charge in [-0.05, 0) is 32.4 Å². The zero-order valence-electron chi connectivity index (χ0n) is 9.03. The van der Waals surface area contributed by atoms with Gasteiger partial charge in [0.25, 0.3) is 0 Å². The van der Waals surface area contributed by atoms with Crippen LogP contribution in [0.2, 0.25) is 0 Å². The number of aryl methyl sites for hydroxylation is 1. The second-order valence-corrected chi connectivity index (χ2v) is 4.23. The minimum atomic E-state index is 0.698. The average Bonchev–Trinajstić information content (AvgIpc) is 2.65. The first-order valence-corrected chi connectivity index (χ1v) is 5.46. The summed E-state index contributed by atoms with van der Waals surface area (Å²) in [7, 11) is 4.11. The van der Waals surface area contributed by atoms with Gasteiger partial charge in [-0.3, -0.25) is 4.68 Å². The Hall–Kier alpha value is -0.830. The SMILES string of the molecule is CNC1CCCC(c2ccnn2C)C1. The highest BCUT2D eigenvalue weighted by atomic mass is 15.3. The maximum atomic E-state index is 4.24. The molecule has 14 heavy (non-hydrogen) atoms. The third kappa shape index (κ3) is 1.82. The largest absolute Gasteiger partial charge is 0.317 e. The summed E-state index contributed by atoms with van der Waals surface area (Å²) in [4.78, 5) is 0. The summed E-state index contributed by atoms with van der Waals surface area (Å²) in [5.41, 5.74) is 1.39. The number of hydrogen-bond donors (Lipinski definition) is 1. The Morgan fingerprint density at radius 2 is 2.36 bits per heavy atom. The highest BCUT2D eigenvalue weighted by molar-refractivity contribution is 5.09. The lowest BCUT2D eigenvalue weighted by Gasteiger charge is -2.28. The minimum absolute atomic E-state index is 0.698. The molecule has 1 N–H and O–H groups in total. The van der Waals surface area contributed by atoms with Gasteiger partial charge >= 0.3 is 0 Å². The van der Waals surface area contributed by atoms with Gasteiger partial charge in [0.1, 0.15) is 0 Å². The van der Waals surface area contributed by atoms with Gasteiger partial charge in [-0.15, -0.1) is 0 Å². The minimum Gasteiger partial charge on any atom is -0.317 e. The van der Waals surface area contributed by atoms with Crippen molar-refractivity contribution in [3.8, 4) is 0 Å². The molecule has 0 aromatic carbocycles. The zero-order chi connectivity index (χ0) is 9.97. The van der Waals surface area contributed by atoms with E-state index in [0.717, 1.165) is 0 Å². The number of hydrogen-bond acceptors (Lipinski definition) is 2. The summed E-state index contributed by atoms with van der Waals surface area (Å²) < 4.78 is 2.02. The first-order chi connectivity index (χ1) is 6.81. The molecule has 1 heterocycles. The molecule has 0 saturated heterocycles. The molecule has 0 spiro atoms. The van der Waals surface area contributed by atoms with Crippen LogP contribution in [0.3, 0.4) is 0 Å². The van der Waals surface area contributed by atoms with Gasteiger partial charge in [0.2, 0.25) is 0 Å². The fourth-order valence-electron chi connectivity index (χ4n) is 2.51. The van der Waals surface area contributed by atoms with Gasteiger partial charge < -0.3 is 5.32 Å². The van der Waals surface area contributed by atoms with E-state index in [-0.39, 0.29) is 0 Å². The van der Waals surface area contributed by atoms with Crippen LogP contribution in [0.5, 0.6) is 0 Å². The maximum Gasteiger partial charge on any atom is 0.0492 e. The highest BCUT2D eigenvalue weighted by Crippen LogP contribution is 2.32. The third-order valence-corrected chi connectivity index (χ3v) is 3.36. The summed E-state index contributed by atoms with van der Waals surface area (Å²) in [6, 6.07) is 2.85. The summed E-state index contributed by atoms with van der Waals surface area (Å²) in [5.74, 6) is 0.702. The van der Waals surface area contributed by atoms with Crippen molar-refractivity contribution in [2.24, 2.45) is 7.05 Å². The molecule has 2 rings (SSSR count). The average molecular weight is 193 g/mol. The third-order valence-electron chi connectivity index (χ3n) is 3.36. The fraction of sp³-hybridized carbons (Fsp3) is 0.727. The van der Waals surface area contributed by atoms with Gasteiger partial charge in [-0.2, -0.15) is 5.10 Å². The Bertz CT molecular complexity index is 292. The Balaban J connectivity index is 2.08. The molecule has 0 aliphatic heterocycles. The molecular formula is C11H19N3. The predicted molar refractivity (Wildman–Crippen MR) is 57.3 cm³/mol. The van der Waals surface area contributed by atoms with Crippen LogP contribution in [0.1, 0.15) is 37.3 Å². The summed E-state index contributed by atoms with van der Waals surface area (Å²) in [6.07, 6.45) is 7.14. The van der Waals surface area contributed by atoms with Crippen LogP contribution in [-0.2, 0) is 7.05 Å².